The summed E-state index contributed by atoms with van der Waals surface area (Å²) < 4.78 is 5.66. The zero-order valence-electron chi connectivity index (χ0n) is 13.8. The first-order valence-corrected chi connectivity index (χ1v) is 8.24. The molecule has 1 aromatic rings. The standard InChI is InChI=1S/C18H28N2O2/c1-15-5-3-6-16(13-15)22-12-4-7-17(21)20-14-18(2)8-10-19-11-9-18/h3,5-6,13,19H,4,7-12,14H2,1-2H3,(H,20,21). The molecule has 1 aliphatic heterocycles. The molecule has 1 aliphatic rings. The normalized spacial score (nSPS) is 17.0. The van der Waals surface area contributed by atoms with Gasteiger partial charge in [-0.05, 0) is 62.4 Å². The summed E-state index contributed by atoms with van der Waals surface area (Å²) in [6.07, 6.45) is 3.53. The van der Waals surface area contributed by atoms with Gasteiger partial charge in [-0.3, -0.25) is 4.79 Å². The molecule has 0 spiro atoms. The van der Waals surface area contributed by atoms with E-state index in [9.17, 15) is 4.79 Å². The summed E-state index contributed by atoms with van der Waals surface area (Å²) in [6.45, 7) is 7.77. The molecule has 0 radical (unpaired) electrons. The van der Waals surface area contributed by atoms with Crippen molar-refractivity contribution in [2.24, 2.45) is 5.41 Å². The fourth-order valence-electron chi connectivity index (χ4n) is 2.74. The Morgan fingerprint density at radius 1 is 1.36 bits per heavy atom. The van der Waals surface area contributed by atoms with Gasteiger partial charge in [0.15, 0.2) is 0 Å². The number of amides is 1. The third kappa shape index (κ3) is 5.68. The van der Waals surface area contributed by atoms with Gasteiger partial charge in [-0.15, -0.1) is 0 Å². The molecule has 2 N–H and O–H groups in total. The Morgan fingerprint density at radius 3 is 2.86 bits per heavy atom. The van der Waals surface area contributed by atoms with Crippen molar-refractivity contribution < 1.29 is 9.53 Å². The molecule has 0 aromatic heterocycles. The van der Waals surface area contributed by atoms with Crippen LogP contribution in [0.25, 0.3) is 0 Å². The van der Waals surface area contributed by atoms with Crippen LogP contribution in [0.5, 0.6) is 5.75 Å². The molecule has 1 heterocycles. The maximum absolute atomic E-state index is 11.9. The summed E-state index contributed by atoms with van der Waals surface area (Å²) in [4.78, 5) is 11.9. The molecular formula is C18H28N2O2. The van der Waals surface area contributed by atoms with Gasteiger partial charge in [0.25, 0.3) is 0 Å². The van der Waals surface area contributed by atoms with E-state index < -0.39 is 0 Å². The second-order valence-electron chi connectivity index (χ2n) is 6.61. The topological polar surface area (TPSA) is 50.4 Å². The number of hydrogen-bond donors (Lipinski definition) is 2. The van der Waals surface area contributed by atoms with Crippen molar-refractivity contribution >= 4 is 5.91 Å². The largest absolute Gasteiger partial charge is 0.494 e. The Morgan fingerprint density at radius 2 is 2.14 bits per heavy atom. The average molecular weight is 304 g/mol. The number of hydrogen-bond acceptors (Lipinski definition) is 3. The lowest BCUT2D eigenvalue weighted by atomic mass is 9.81. The third-order valence-corrected chi connectivity index (χ3v) is 4.33. The van der Waals surface area contributed by atoms with Crippen molar-refractivity contribution in [1.82, 2.24) is 10.6 Å². The molecule has 1 amide bonds. The summed E-state index contributed by atoms with van der Waals surface area (Å²) in [7, 11) is 0. The molecule has 4 heteroatoms. The number of nitrogens with one attached hydrogen (secondary N) is 2. The highest BCUT2D eigenvalue weighted by molar-refractivity contribution is 5.75. The van der Waals surface area contributed by atoms with Crippen molar-refractivity contribution in [2.45, 2.75) is 39.5 Å². The first kappa shape index (κ1) is 16.8. The predicted molar refractivity (Wildman–Crippen MR) is 89.1 cm³/mol. The van der Waals surface area contributed by atoms with Crippen LogP contribution in [0.1, 0.15) is 38.2 Å². The Hall–Kier alpha value is -1.55. The van der Waals surface area contributed by atoms with Crippen LogP contribution in [-0.2, 0) is 4.79 Å². The average Bonchev–Trinajstić information content (AvgIpc) is 2.51. The van der Waals surface area contributed by atoms with E-state index >= 15 is 0 Å². The van der Waals surface area contributed by atoms with E-state index in [0.29, 0.717) is 13.0 Å². The molecule has 4 nitrogen and oxygen atoms in total. The second-order valence-corrected chi connectivity index (χ2v) is 6.61. The minimum absolute atomic E-state index is 0.132. The molecule has 2 rings (SSSR count). The first-order valence-electron chi connectivity index (χ1n) is 8.24. The van der Waals surface area contributed by atoms with E-state index in [1.165, 1.54) is 5.56 Å². The van der Waals surface area contributed by atoms with E-state index in [1.807, 2.05) is 31.2 Å². The van der Waals surface area contributed by atoms with Crippen molar-refractivity contribution in [2.75, 3.05) is 26.2 Å². The molecular weight excluding hydrogens is 276 g/mol. The van der Waals surface area contributed by atoms with Crippen molar-refractivity contribution in [3.8, 4) is 5.75 Å². The second kappa shape index (κ2) is 8.18. The van der Waals surface area contributed by atoms with Gasteiger partial charge in [0, 0.05) is 13.0 Å². The number of ether oxygens (including phenoxy) is 1. The number of carbonyl (C=O) groups excluding carboxylic acids is 1. The fourth-order valence-corrected chi connectivity index (χ4v) is 2.74. The van der Waals surface area contributed by atoms with Crippen molar-refractivity contribution in [1.29, 1.82) is 0 Å². The van der Waals surface area contributed by atoms with Crippen LogP contribution in [0.2, 0.25) is 0 Å². The van der Waals surface area contributed by atoms with Gasteiger partial charge in [0.2, 0.25) is 5.91 Å². The third-order valence-electron chi connectivity index (χ3n) is 4.33. The van der Waals surface area contributed by atoms with Gasteiger partial charge in [-0.25, -0.2) is 0 Å². The minimum atomic E-state index is 0.132. The zero-order valence-corrected chi connectivity index (χ0v) is 13.8. The maximum atomic E-state index is 11.9. The van der Waals surface area contributed by atoms with Gasteiger partial charge >= 0.3 is 0 Å². The van der Waals surface area contributed by atoms with Gasteiger partial charge in [0.1, 0.15) is 5.75 Å². The number of piperidine rings is 1. The molecule has 22 heavy (non-hydrogen) atoms. The Balaban J connectivity index is 1.59. The smallest absolute Gasteiger partial charge is 0.220 e. The molecule has 1 fully saturated rings. The number of aryl methyl sites for hydroxylation is 1. The van der Waals surface area contributed by atoms with Gasteiger partial charge in [-0.2, -0.15) is 0 Å². The van der Waals surface area contributed by atoms with Gasteiger partial charge in [-0.1, -0.05) is 19.1 Å². The summed E-state index contributed by atoms with van der Waals surface area (Å²) in [5, 5.41) is 6.44. The van der Waals surface area contributed by atoms with Crippen molar-refractivity contribution in [3.05, 3.63) is 29.8 Å². The van der Waals surface area contributed by atoms with Crippen LogP contribution in [0, 0.1) is 12.3 Å². The molecule has 0 aliphatic carbocycles. The highest BCUT2D eigenvalue weighted by Gasteiger charge is 2.26. The van der Waals surface area contributed by atoms with Crippen LogP contribution in [0.4, 0.5) is 0 Å². The van der Waals surface area contributed by atoms with Crippen LogP contribution < -0.4 is 15.4 Å². The zero-order chi connectivity index (χ0) is 15.8. The monoisotopic (exact) mass is 304 g/mol. The maximum Gasteiger partial charge on any atom is 0.220 e. The predicted octanol–water partition coefficient (Wildman–Crippen LogP) is 2.66. The number of rotatable bonds is 7. The quantitative estimate of drug-likeness (QED) is 0.762. The summed E-state index contributed by atoms with van der Waals surface area (Å²) in [5.41, 5.74) is 1.43. The molecule has 122 valence electrons. The molecule has 0 unspecified atom stereocenters. The molecule has 1 aromatic carbocycles. The Kier molecular flexibility index (Phi) is 6.25. The first-order chi connectivity index (χ1) is 10.6. The highest BCUT2D eigenvalue weighted by Crippen LogP contribution is 2.26. The summed E-state index contributed by atoms with van der Waals surface area (Å²) >= 11 is 0. The molecule has 1 saturated heterocycles. The van der Waals surface area contributed by atoms with Gasteiger partial charge in [0.05, 0.1) is 6.61 Å². The number of carbonyl (C=O) groups is 1. The van der Waals surface area contributed by atoms with E-state index in [-0.39, 0.29) is 11.3 Å². The Bertz CT molecular complexity index is 482. The lowest BCUT2D eigenvalue weighted by Crippen LogP contribution is -2.42. The van der Waals surface area contributed by atoms with E-state index in [1.54, 1.807) is 0 Å². The van der Waals surface area contributed by atoms with E-state index in [0.717, 1.165) is 44.6 Å². The van der Waals surface area contributed by atoms with Crippen LogP contribution in [-0.4, -0.2) is 32.1 Å². The fraction of sp³-hybridized carbons (Fsp3) is 0.611. The summed E-state index contributed by atoms with van der Waals surface area (Å²) in [5.74, 6) is 1.01. The SMILES string of the molecule is Cc1cccc(OCCCC(=O)NCC2(C)CCNCC2)c1. The van der Waals surface area contributed by atoms with E-state index in [4.69, 9.17) is 4.74 Å². The lowest BCUT2D eigenvalue weighted by Gasteiger charge is -2.34. The summed E-state index contributed by atoms with van der Waals surface area (Å²) in [6, 6.07) is 7.99. The molecule has 0 saturated carbocycles. The lowest BCUT2D eigenvalue weighted by molar-refractivity contribution is -0.121. The van der Waals surface area contributed by atoms with Crippen molar-refractivity contribution in [3.63, 3.8) is 0 Å². The van der Waals surface area contributed by atoms with Gasteiger partial charge < -0.3 is 15.4 Å². The van der Waals surface area contributed by atoms with E-state index in [2.05, 4.69) is 17.6 Å². The number of benzene rings is 1. The Labute approximate surface area is 133 Å². The van der Waals surface area contributed by atoms with Crippen LogP contribution in [0.15, 0.2) is 24.3 Å². The molecule has 0 atom stereocenters. The van der Waals surface area contributed by atoms with Crippen LogP contribution >= 0.6 is 0 Å². The highest BCUT2D eigenvalue weighted by atomic mass is 16.5. The minimum Gasteiger partial charge on any atom is -0.494 e. The molecule has 0 bridgehead atoms. The van der Waals surface area contributed by atoms with Crippen LogP contribution in [0.3, 0.4) is 0 Å².